The summed E-state index contributed by atoms with van der Waals surface area (Å²) < 4.78 is 0.697. The van der Waals surface area contributed by atoms with E-state index in [0.29, 0.717) is 15.9 Å². The molecular formula is C11H15BrN4OS. The fourth-order valence-electron chi connectivity index (χ4n) is 1.17. The van der Waals surface area contributed by atoms with Crippen molar-refractivity contribution in [2.45, 2.75) is 26.3 Å². The number of hydrogen-bond acceptors (Lipinski definition) is 3. The molecule has 18 heavy (non-hydrogen) atoms. The highest BCUT2D eigenvalue weighted by molar-refractivity contribution is 9.10. The van der Waals surface area contributed by atoms with Gasteiger partial charge in [-0.1, -0.05) is 19.1 Å². The maximum Gasteiger partial charge on any atom is 0.320 e. The third-order valence-corrected chi connectivity index (χ3v) is 3.20. The summed E-state index contributed by atoms with van der Waals surface area (Å²) in [6.07, 6.45) is 2.41. The van der Waals surface area contributed by atoms with Crippen LogP contribution in [-0.2, 0) is 0 Å². The minimum atomic E-state index is -0.298. The van der Waals surface area contributed by atoms with Gasteiger partial charge in [0.15, 0.2) is 0 Å². The molecule has 0 aliphatic heterocycles. The van der Waals surface area contributed by atoms with Crippen LogP contribution >= 0.6 is 28.1 Å². The Morgan fingerprint density at radius 3 is 2.89 bits per heavy atom. The molecule has 0 fully saturated rings. The smallest absolute Gasteiger partial charge is 0.320 e. The molecule has 1 aromatic rings. The zero-order valence-electron chi connectivity index (χ0n) is 10.2. The number of thiocarbonyl (C=S) groups is 1. The van der Waals surface area contributed by atoms with E-state index in [2.05, 4.69) is 31.5 Å². The molecule has 1 rings (SSSR count). The summed E-state index contributed by atoms with van der Waals surface area (Å²) in [5.41, 5.74) is 6.20. The van der Waals surface area contributed by atoms with Crippen LogP contribution in [-0.4, -0.2) is 22.0 Å². The first-order chi connectivity index (χ1) is 8.43. The molecule has 98 valence electrons. The average Bonchev–Trinajstić information content (AvgIpc) is 2.31. The second-order valence-electron chi connectivity index (χ2n) is 3.82. The summed E-state index contributed by atoms with van der Waals surface area (Å²) in [6.45, 7) is 3.92. The lowest BCUT2D eigenvalue weighted by molar-refractivity contribution is 0.249. The number of nitrogens with zero attached hydrogens (tertiary/aromatic N) is 1. The van der Waals surface area contributed by atoms with Crippen LogP contribution in [0.5, 0.6) is 0 Å². The molecule has 0 saturated carbocycles. The highest BCUT2D eigenvalue weighted by Gasteiger charge is 2.09. The van der Waals surface area contributed by atoms with Crippen LogP contribution in [0.3, 0.4) is 0 Å². The second-order valence-corrected chi connectivity index (χ2v) is 5.12. The molecule has 7 heteroatoms. The maximum atomic E-state index is 11.6. The largest absolute Gasteiger partial charge is 0.389 e. The number of rotatable bonds is 4. The Morgan fingerprint density at radius 2 is 2.33 bits per heavy atom. The van der Waals surface area contributed by atoms with Crippen LogP contribution in [0, 0.1) is 0 Å². The standard InChI is InChI=1S/C11H15BrN4OS/c1-3-6(2)15-11(17)16-9-4-7(10(13)18)8(12)5-14-9/h4-6H,3H2,1-2H3,(H2,13,18)(H2,14,15,16,17). The van der Waals surface area contributed by atoms with E-state index in [9.17, 15) is 4.79 Å². The summed E-state index contributed by atoms with van der Waals surface area (Å²) in [5.74, 6) is 0.404. The lowest BCUT2D eigenvalue weighted by atomic mass is 10.2. The summed E-state index contributed by atoms with van der Waals surface area (Å²) in [4.78, 5) is 15.9. The number of aromatic nitrogens is 1. The van der Waals surface area contributed by atoms with Gasteiger partial charge in [0.2, 0.25) is 0 Å². The molecule has 0 aliphatic carbocycles. The zero-order valence-corrected chi connectivity index (χ0v) is 12.6. The number of nitrogens with two attached hydrogens (primary N) is 1. The highest BCUT2D eigenvalue weighted by atomic mass is 79.9. The minimum absolute atomic E-state index is 0.107. The lowest BCUT2D eigenvalue weighted by Gasteiger charge is -2.12. The van der Waals surface area contributed by atoms with Crippen LogP contribution in [0.25, 0.3) is 0 Å². The fraction of sp³-hybridized carbons (Fsp3) is 0.364. The van der Waals surface area contributed by atoms with Crippen molar-refractivity contribution < 1.29 is 4.79 Å². The molecule has 0 aliphatic rings. The van der Waals surface area contributed by atoms with E-state index in [-0.39, 0.29) is 17.1 Å². The molecule has 1 atom stereocenters. The number of carbonyl (C=O) groups is 1. The lowest BCUT2D eigenvalue weighted by Crippen LogP contribution is -2.35. The van der Waals surface area contributed by atoms with Crippen LogP contribution in [0.1, 0.15) is 25.8 Å². The van der Waals surface area contributed by atoms with Crippen LogP contribution in [0.2, 0.25) is 0 Å². The number of anilines is 1. The first-order valence-corrected chi connectivity index (χ1v) is 6.67. The van der Waals surface area contributed by atoms with Crippen LogP contribution < -0.4 is 16.4 Å². The Balaban J connectivity index is 2.76. The van der Waals surface area contributed by atoms with Crippen LogP contribution in [0.15, 0.2) is 16.7 Å². The Kier molecular flexibility index (Phi) is 5.49. The van der Waals surface area contributed by atoms with E-state index in [1.165, 1.54) is 0 Å². The molecule has 2 amide bonds. The van der Waals surface area contributed by atoms with Gasteiger partial charge in [-0.15, -0.1) is 0 Å². The van der Waals surface area contributed by atoms with Crippen molar-refractivity contribution in [3.63, 3.8) is 0 Å². The normalized spacial score (nSPS) is 11.7. The Bertz CT molecular complexity index is 466. The molecule has 4 N–H and O–H groups in total. The van der Waals surface area contributed by atoms with Crippen molar-refractivity contribution in [3.8, 4) is 0 Å². The van der Waals surface area contributed by atoms with E-state index < -0.39 is 0 Å². The number of amides is 2. The van der Waals surface area contributed by atoms with E-state index in [0.717, 1.165) is 6.42 Å². The Hall–Kier alpha value is -1.21. The number of pyridine rings is 1. The molecule has 0 spiro atoms. The molecule has 0 aromatic carbocycles. The van der Waals surface area contributed by atoms with Gasteiger partial charge in [0.25, 0.3) is 0 Å². The van der Waals surface area contributed by atoms with Crippen LogP contribution in [0.4, 0.5) is 10.6 Å². The van der Waals surface area contributed by atoms with Gasteiger partial charge < -0.3 is 11.1 Å². The van der Waals surface area contributed by atoms with Crippen molar-refractivity contribution >= 4 is 45.0 Å². The summed E-state index contributed by atoms with van der Waals surface area (Å²) >= 11 is 8.19. The maximum absolute atomic E-state index is 11.6. The summed E-state index contributed by atoms with van der Waals surface area (Å²) in [7, 11) is 0. The van der Waals surface area contributed by atoms with Gasteiger partial charge in [-0.2, -0.15) is 0 Å². The molecule has 1 heterocycles. The minimum Gasteiger partial charge on any atom is -0.389 e. The Morgan fingerprint density at radius 1 is 1.67 bits per heavy atom. The van der Waals surface area contributed by atoms with Gasteiger partial charge in [-0.05, 0) is 35.3 Å². The third kappa shape index (κ3) is 4.23. The topological polar surface area (TPSA) is 80.0 Å². The predicted octanol–water partition coefficient (Wildman–Crippen LogP) is 2.40. The first kappa shape index (κ1) is 14.8. The average molecular weight is 331 g/mol. The van der Waals surface area contributed by atoms with E-state index in [1.54, 1.807) is 12.3 Å². The number of nitrogens with one attached hydrogen (secondary N) is 2. The molecule has 0 bridgehead atoms. The highest BCUT2D eigenvalue weighted by Crippen LogP contribution is 2.18. The quantitative estimate of drug-likeness (QED) is 0.740. The van der Waals surface area contributed by atoms with Crippen molar-refractivity contribution in [2.24, 2.45) is 5.73 Å². The zero-order chi connectivity index (χ0) is 13.7. The van der Waals surface area contributed by atoms with Gasteiger partial charge in [0, 0.05) is 22.3 Å². The third-order valence-electron chi connectivity index (χ3n) is 2.35. The van der Waals surface area contributed by atoms with Gasteiger partial charge in [-0.3, -0.25) is 5.32 Å². The molecule has 0 radical (unpaired) electrons. The van der Waals surface area contributed by atoms with Crippen molar-refractivity contribution in [3.05, 3.63) is 22.3 Å². The molecule has 1 aromatic heterocycles. The molecular weight excluding hydrogens is 316 g/mol. The van der Waals surface area contributed by atoms with Gasteiger partial charge in [0.05, 0.1) is 0 Å². The first-order valence-electron chi connectivity index (χ1n) is 5.47. The number of hydrogen-bond donors (Lipinski definition) is 3. The van der Waals surface area contributed by atoms with Gasteiger partial charge >= 0.3 is 6.03 Å². The van der Waals surface area contributed by atoms with Crippen molar-refractivity contribution in [2.75, 3.05) is 5.32 Å². The molecule has 5 nitrogen and oxygen atoms in total. The monoisotopic (exact) mass is 330 g/mol. The SMILES string of the molecule is CCC(C)NC(=O)Nc1cc(C(N)=S)c(Br)cn1. The molecule has 1 unspecified atom stereocenters. The van der Waals surface area contributed by atoms with E-state index in [1.807, 2.05) is 13.8 Å². The van der Waals surface area contributed by atoms with Gasteiger partial charge in [0.1, 0.15) is 10.8 Å². The summed E-state index contributed by atoms with van der Waals surface area (Å²) in [5, 5.41) is 5.41. The van der Waals surface area contributed by atoms with Gasteiger partial charge in [-0.25, -0.2) is 9.78 Å². The number of halogens is 1. The molecule has 0 saturated heterocycles. The second kappa shape index (κ2) is 6.65. The number of carbonyl (C=O) groups excluding carboxylic acids is 1. The fourth-order valence-corrected chi connectivity index (χ4v) is 1.90. The number of urea groups is 1. The van der Waals surface area contributed by atoms with Crippen molar-refractivity contribution in [1.29, 1.82) is 0 Å². The van der Waals surface area contributed by atoms with E-state index in [4.69, 9.17) is 18.0 Å². The van der Waals surface area contributed by atoms with Crippen molar-refractivity contribution in [1.82, 2.24) is 10.3 Å². The summed E-state index contributed by atoms with van der Waals surface area (Å²) in [6, 6.07) is 1.44. The van der Waals surface area contributed by atoms with E-state index >= 15 is 0 Å². The Labute approximate surface area is 120 Å². The predicted molar refractivity (Wildman–Crippen MR) is 79.7 cm³/mol.